The van der Waals surface area contributed by atoms with Gasteiger partial charge in [-0.15, -0.1) is 0 Å². The van der Waals surface area contributed by atoms with Gasteiger partial charge in [0.25, 0.3) is 5.91 Å². The van der Waals surface area contributed by atoms with E-state index in [4.69, 9.17) is 0 Å². The molecule has 0 radical (unpaired) electrons. The van der Waals surface area contributed by atoms with Crippen LogP contribution >= 0.6 is 0 Å². The Morgan fingerprint density at radius 1 is 1.07 bits per heavy atom. The summed E-state index contributed by atoms with van der Waals surface area (Å²) in [6, 6.07) is 8.45. The molecule has 1 N–H and O–H groups in total. The number of pyridine rings is 1. The van der Waals surface area contributed by atoms with Crippen molar-refractivity contribution in [3.05, 3.63) is 58.9 Å². The zero-order chi connectivity index (χ0) is 21.5. The van der Waals surface area contributed by atoms with Gasteiger partial charge in [0.15, 0.2) is 0 Å². The van der Waals surface area contributed by atoms with Crippen molar-refractivity contribution in [3.8, 4) is 0 Å². The number of H-pyrrole nitrogens is 1. The topological polar surface area (TPSA) is 52.2 Å². The maximum atomic E-state index is 13.1. The first kappa shape index (κ1) is 20.3. The Morgan fingerprint density at radius 3 is 2.57 bits per heavy atom. The van der Waals surface area contributed by atoms with Crippen LogP contribution in [0.2, 0.25) is 0 Å². The van der Waals surface area contributed by atoms with Gasteiger partial charge in [0.2, 0.25) is 0 Å². The molecule has 1 aromatic carbocycles. The SMILES string of the molecule is Cc1cc(C)c2cc(C(=O)N3CCCN(c4ccc(C(F)(F)F)cn4)CC3)[nH]c2c1. The Labute approximate surface area is 172 Å². The highest BCUT2D eigenvalue weighted by molar-refractivity contribution is 5.99. The number of nitrogens with one attached hydrogen (secondary N) is 1. The van der Waals surface area contributed by atoms with Crippen molar-refractivity contribution in [1.29, 1.82) is 0 Å². The molecule has 0 spiro atoms. The van der Waals surface area contributed by atoms with E-state index in [0.29, 0.717) is 44.1 Å². The second kappa shape index (κ2) is 7.66. The summed E-state index contributed by atoms with van der Waals surface area (Å²) in [6.45, 7) is 6.26. The molecule has 0 bridgehead atoms. The lowest BCUT2D eigenvalue weighted by molar-refractivity contribution is -0.137. The van der Waals surface area contributed by atoms with E-state index in [2.05, 4.69) is 16.0 Å². The molecule has 158 valence electrons. The third-order valence-electron chi connectivity index (χ3n) is 5.50. The van der Waals surface area contributed by atoms with Crippen LogP contribution in [0.3, 0.4) is 0 Å². The number of carbonyl (C=O) groups is 1. The molecule has 1 aliphatic rings. The van der Waals surface area contributed by atoms with Gasteiger partial charge in [0.05, 0.1) is 5.56 Å². The number of hydrogen-bond donors (Lipinski definition) is 1. The fourth-order valence-electron chi connectivity index (χ4n) is 3.98. The fraction of sp³-hybridized carbons (Fsp3) is 0.364. The van der Waals surface area contributed by atoms with Crippen molar-refractivity contribution in [1.82, 2.24) is 14.9 Å². The summed E-state index contributed by atoms with van der Waals surface area (Å²) < 4.78 is 38.3. The first-order valence-electron chi connectivity index (χ1n) is 9.90. The second-order valence-electron chi connectivity index (χ2n) is 7.76. The number of benzene rings is 1. The summed E-state index contributed by atoms with van der Waals surface area (Å²) in [5.74, 6) is 0.430. The number of fused-ring (bicyclic) bond motifs is 1. The Balaban J connectivity index is 1.47. The molecule has 0 unspecified atom stereocenters. The summed E-state index contributed by atoms with van der Waals surface area (Å²) >= 11 is 0. The van der Waals surface area contributed by atoms with Gasteiger partial charge >= 0.3 is 6.18 Å². The average Bonchev–Trinajstić information content (AvgIpc) is 2.97. The van der Waals surface area contributed by atoms with Crippen LogP contribution in [-0.4, -0.2) is 47.0 Å². The number of nitrogens with zero attached hydrogens (tertiary/aromatic N) is 3. The Hall–Kier alpha value is -3.03. The number of aromatic nitrogens is 2. The van der Waals surface area contributed by atoms with Crippen LogP contribution in [0.4, 0.5) is 19.0 Å². The standard InChI is InChI=1S/C22H23F3N4O/c1-14-10-15(2)17-12-19(27-18(17)11-14)21(30)29-7-3-6-28(8-9-29)20-5-4-16(13-26-20)22(23,24)25/h4-5,10-13,27H,3,6-9H2,1-2H3. The first-order chi connectivity index (χ1) is 14.2. The minimum Gasteiger partial charge on any atom is -0.355 e. The highest BCUT2D eigenvalue weighted by Crippen LogP contribution is 2.29. The summed E-state index contributed by atoms with van der Waals surface area (Å²) in [6.07, 6.45) is -2.82. The van der Waals surface area contributed by atoms with E-state index in [9.17, 15) is 18.0 Å². The number of alkyl halides is 3. The summed E-state index contributed by atoms with van der Waals surface area (Å²) in [4.78, 5) is 24.0. The lowest BCUT2D eigenvalue weighted by atomic mass is 10.1. The maximum absolute atomic E-state index is 13.1. The molecule has 1 aliphatic heterocycles. The molecule has 0 atom stereocenters. The van der Waals surface area contributed by atoms with Crippen molar-refractivity contribution < 1.29 is 18.0 Å². The molecule has 4 rings (SSSR count). The molecule has 0 saturated carbocycles. The van der Waals surface area contributed by atoms with E-state index in [1.165, 1.54) is 6.07 Å². The Bertz CT molecular complexity index is 1070. The summed E-state index contributed by atoms with van der Waals surface area (Å²) in [5.41, 5.74) is 2.99. The van der Waals surface area contributed by atoms with Crippen LogP contribution in [0.1, 0.15) is 33.6 Å². The van der Waals surface area contributed by atoms with Gasteiger partial charge < -0.3 is 14.8 Å². The number of hydrogen-bond acceptors (Lipinski definition) is 3. The van der Waals surface area contributed by atoms with Crippen LogP contribution in [0.5, 0.6) is 0 Å². The highest BCUT2D eigenvalue weighted by Gasteiger charge is 2.31. The zero-order valence-corrected chi connectivity index (χ0v) is 16.9. The van der Waals surface area contributed by atoms with Gasteiger partial charge in [0, 0.05) is 43.3 Å². The van der Waals surface area contributed by atoms with E-state index in [1.54, 1.807) is 4.90 Å². The fourth-order valence-corrected chi connectivity index (χ4v) is 3.98. The Morgan fingerprint density at radius 2 is 1.87 bits per heavy atom. The molecule has 3 heterocycles. The van der Waals surface area contributed by atoms with Crippen molar-refractivity contribution in [2.75, 3.05) is 31.1 Å². The minimum absolute atomic E-state index is 0.0644. The van der Waals surface area contributed by atoms with Gasteiger partial charge in [0.1, 0.15) is 11.5 Å². The lowest BCUT2D eigenvalue weighted by Crippen LogP contribution is -2.35. The molecule has 2 aromatic heterocycles. The lowest BCUT2D eigenvalue weighted by Gasteiger charge is -2.23. The van der Waals surface area contributed by atoms with Gasteiger partial charge in [-0.3, -0.25) is 4.79 Å². The van der Waals surface area contributed by atoms with E-state index in [0.717, 1.165) is 34.3 Å². The van der Waals surface area contributed by atoms with Crippen LogP contribution < -0.4 is 4.90 Å². The number of amides is 1. The predicted octanol–water partition coefficient (Wildman–Crippen LogP) is 4.55. The molecule has 1 saturated heterocycles. The Kier molecular flexibility index (Phi) is 5.17. The number of halogens is 3. The highest BCUT2D eigenvalue weighted by atomic mass is 19.4. The predicted molar refractivity (Wildman–Crippen MR) is 110 cm³/mol. The van der Waals surface area contributed by atoms with E-state index >= 15 is 0 Å². The summed E-state index contributed by atoms with van der Waals surface area (Å²) in [7, 11) is 0. The average molecular weight is 416 g/mol. The van der Waals surface area contributed by atoms with Crippen LogP contribution in [0, 0.1) is 13.8 Å². The van der Waals surface area contributed by atoms with Gasteiger partial charge in [-0.05, 0) is 55.7 Å². The largest absolute Gasteiger partial charge is 0.417 e. The van der Waals surface area contributed by atoms with Crippen molar-refractivity contribution in [2.24, 2.45) is 0 Å². The zero-order valence-electron chi connectivity index (χ0n) is 16.9. The molecular formula is C22H23F3N4O. The van der Waals surface area contributed by atoms with Gasteiger partial charge in [-0.1, -0.05) is 6.07 Å². The first-order valence-corrected chi connectivity index (χ1v) is 9.90. The molecule has 1 fully saturated rings. The molecule has 5 nitrogen and oxygen atoms in total. The minimum atomic E-state index is -4.40. The van der Waals surface area contributed by atoms with E-state index in [-0.39, 0.29) is 5.91 Å². The van der Waals surface area contributed by atoms with Crippen molar-refractivity contribution in [2.45, 2.75) is 26.4 Å². The van der Waals surface area contributed by atoms with E-state index in [1.807, 2.05) is 30.9 Å². The number of anilines is 1. The molecule has 0 aliphatic carbocycles. The van der Waals surface area contributed by atoms with E-state index < -0.39 is 11.7 Å². The molecular weight excluding hydrogens is 393 g/mol. The van der Waals surface area contributed by atoms with Gasteiger partial charge in [-0.25, -0.2) is 4.98 Å². The summed E-state index contributed by atoms with van der Waals surface area (Å²) in [5, 5.41) is 1.04. The monoisotopic (exact) mass is 416 g/mol. The van der Waals surface area contributed by atoms with Crippen LogP contribution in [0.25, 0.3) is 10.9 Å². The molecule has 8 heteroatoms. The smallest absolute Gasteiger partial charge is 0.355 e. The van der Waals surface area contributed by atoms with Crippen molar-refractivity contribution in [3.63, 3.8) is 0 Å². The second-order valence-corrected chi connectivity index (χ2v) is 7.76. The van der Waals surface area contributed by atoms with Crippen molar-refractivity contribution >= 4 is 22.6 Å². The molecule has 3 aromatic rings. The number of aromatic amines is 1. The van der Waals surface area contributed by atoms with Crippen LogP contribution in [-0.2, 0) is 6.18 Å². The van der Waals surface area contributed by atoms with Gasteiger partial charge in [-0.2, -0.15) is 13.2 Å². The molecule has 1 amide bonds. The molecule has 30 heavy (non-hydrogen) atoms. The maximum Gasteiger partial charge on any atom is 0.417 e. The number of carbonyl (C=O) groups excluding carboxylic acids is 1. The quantitative estimate of drug-likeness (QED) is 0.667. The third-order valence-corrected chi connectivity index (χ3v) is 5.50. The number of aryl methyl sites for hydroxylation is 2. The normalized spacial score (nSPS) is 15.5. The van der Waals surface area contributed by atoms with Crippen LogP contribution in [0.15, 0.2) is 36.5 Å². The number of rotatable bonds is 2. The third kappa shape index (κ3) is 3.99.